The van der Waals surface area contributed by atoms with Crippen LogP contribution in [-0.4, -0.2) is 18.5 Å². The van der Waals surface area contributed by atoms with E-state index in [9.17, 15) is 4.39 Å². The summed E-state index contributed by atoms with van der Waals surface area (Å²) in [6.45, 7) is 0.590. The van der Waals surface area contributed by atoms with Crippen molar-refractivity contribution in [3.8, 4) is 0 Å². The molecule has 1 atom stereocenters. The van der Waals surface area contributed by atoms with E-state index in [1.807, 2.05) is 60.7 Å². The molecule has 0 fully saturated rings. The van der Waals surface area contributed by atoms with Crippen molar-refractivity contribution in [1.29, 1.82) is 0 Å². The smallest absolute Gasteiger partial charge is 0.164 e. The fourth-order valence-corrected chi connectivity index (χ4v) is 2.20. The average molecular weight is 346 g/mol. The highest BCUT2D eigenvalue weighted by atomic mass is 32.2. The standard InChI is InChI=1S/C17H15FN2.H3NO2S/c18-16-13-20(12-15-9-5-2-6-10-15)19-17(16)11-14-7-3-1-4-8-14;1-4(2)3/h1-10,13H,11-12H2;1H2,(H,2,3)/p-1. The third kappa shape index (κ3) is 6.04. The quantitative estimate of drug-likeness (QED) is 0.736. The second-order valence-electron chi connectivity index (χ2n) is 5.03. The van der Waals surface area contributed by atoms with Gasteiger partial charge in [-0.25, -0.2) is 4.39 Å². The molecule has 0 bridgehead atoms. The zero-order valence-electron chi connectivity index (χ0n) is 12.8. The van der Waals surface area contributed by atoms with Crippen molar-refractivity contribution < 1.29 is 13.2 Å². The van der Waals surface area contributed by atoms with E-state index in [0.29, 0.717) is 18.7 Å². The van der Waals surface area contributed by atoms with Gasteiger partial charge < -0.3 is 4.55 Å². The molecule has 2 N–H and O–H groups in total. The zero-order chi connectivity index (χ0) is 17.4. The lowest BCUT2D eigenvalue weighted by molar-refractivity contribution is 0.538. The summed E-state index contributed by atoms with van der Waals surface area (Å²) in [5.74, 6) is -0.246. The van der Waals surface area contributed by atoms with Crippen LogP contribution < -0.4 is 5.14 Å². The van der Waals surface area contributed by atoms with Gasteiger partial charge in [0.05, 0.1) is 12.7 Å². The number of hydrogen-bond acceptors (Lipinski definition) is 3. The largest absolute Gasteiger partial charge is 0.760 e. The van der Waals surface area contributed by atoms with E-state index in [4.69, 9.17) is 8.76 Å². The summed E-state index contributed by atoms with van der Waals surface area (Å²) in [4.78, 5) is 0. The lowest BCUT2D eigenvalue weighted by atomic mass is 10.1. The van der Waals surface area contributed by atoms with Gasteiger partial charge in [-0.05, 0) is 11.1 Å². The first-order valence-corrected chi connectivity index (χ1v) is 8.31. The number of rotatable bonds is 4. The van der Waals surface area contributed by atoms with Crippen LogP contribution in [0.15, 0.2) is 66.9 Å². The molecule has 7 heteroatoms. The lowest BCUT2D eigenvalue weighted by Gasteiger charge is -2.01. The Morgan fingerprint density at radius 3 is 2.08 bits per heavy atom. The van der Waals surface area contributed by atoms with E-state index in [-0.39, 0.29) is 5.82 Å². The molecule has 0 aliphatic carbocycles. The van der Waals surface area contributed by atoms with Crippen LogP contribution in [-0.2, 0) is 24.2 Å². The number of benzene rings is 2. The van der Waals surface area contributed by atoms with Crippen LogP contribution in [0.5, 0.6) is 0 Å². The van der Waals surface area contributed by atoms with E-state index in [1.54, 1.807) is 4.68 Å². The molecule has 0 radical (unpaired) electrons. The normalized spacial score (nSPS) is 11.5. The van der Waals surface area contributed by atoms with Crippen LogP contribution in [0, 0.1) is 5.82 Å². The van der Waals surface area contributed by atoms with E-state index >= 15 is 0 Å². The molecular formula is C17H17FN3O2S-. The molecular weight excluding hydrogens is 329 g/mol. The van der Waals surface area contributed by atoms with Crippen LogP contribution in [0.25, 0.3) is 0 Å². The average Bonchev–Trinajstić information content (AvgIpc) is 2.88. The van der Waals surface area contributed by atoms with Crippen LogP contribution in [0.2, 0.25) is 0 Å². The molecule has 126 valence electrons. The first kappa shape index (κ1) is 18.0. The first-order chi connectivity index (χ1) is 11.5. The monoisotopic (exact) mass is 346 g/mol. The highest BCUT2D eigenvalue weighted by Gasteiger charge is 2.09. The highest BCUT2D eigenvalue weighted by molar-refractivity contribution is 7.76. The Balaban J connectivity index is 0.000000471. The Morgan fingerprint density at radius 2 is 1.54 bits per heavy atom. The van der Waals surface area contributed by atoms with Gasteiger partial charge in [0.1, 0.15) is 5.69 Å². The summed E-state index contributed by atoms with van der Waals surface area (Å²) in [6, 6.07) is 19.8. The number of halogens is 1. The zero-order valence-corrected chi connectivity index (χ0v) is 13.7. The second kappa shape index (κ2) is 9.07. The van der Waals surface area contributed by atoms with E-state index in [1.165, 1.54) is 6.20 Å². The first-order valence-electron chi connectivity index (χ1n) is 7.18. The fourth-order valence-electron chi connectivity index (χ4n) is 2.20. The fraction of sp³-hybridized carbons (Fsp3) is 0.118. The molecule has 1 heterocycles. The Bertz CT molecular complexity index is 775. The summed E-state index contributed by atoms with van der Waals surface area (Å²) in [7, 11) is 0. The molecule has 1 aromatic heterocycles. The Kier molecular flexibility index (Phi) is 6.80. The van der Waals surface area contributed by atoms with Gasteiger partial charge in [-0.2, -0.15) is 5.10 Å². The van der Waals surface area contributed by atoms with Crippen molar-refractivity contribution >= 4 is 11.3 Å². The SMILES string of the molecule is Fc1cn(Cc2ccccc2)nc1Cc1ccccc1.NS(=O)[O-]. The van der Waals surface area contributed by atoms with Gasteiger partial charge in [0.15, 0.2) is 5.82 Å². The van der Waals surface area contributed by atoms with Crippen LogP contribution >= 0.6 is 0 Å². The summed E-state index contributed by atoms with van der Waals surface area (Å²) in [6.07, 6.45) is 1.99. The predicted octanol–water partition coefficient (Wildman–Crippen LogP) is 2.40. The number of hydrogen-bond donors (Lipinski definition) is 1. The van der Waals surface area contributed by atoms with Crippen molar-refractivity contribution in [1.82, 2.24) is 9.78 Å². The van der Waals surface area contributed by atoms with Gasteiger partial charge in [-0.15, -0.1) is 0 Å². The van der Waals surface area contributed by atoms with Crippen molar-refractivity contribution in [3.05, 3.63) is 89.5 Å². The van der Waals surface area contributed by atoms with Gasteiger partial charge in [0.25, 0.3) is 0 Å². The molecule has 5 nitrogen and oxygen atoms in total. The molecule has 0 saturated heterocycles. The highest BCUT2D eigenvalue weighted by Crippen LogP contribution is 2.12. The van der Waals surface area contributed by atoms with Crippen molar-refractivity contribution in [2.24, 2.45) is 5.14 Å². The summed E-state index contributed by atoms with van der Waals surface area (Å²) in [5.41, 5.74) is 2.67. The molecule has 0 saturated carbocycles. The van der Waals surface area contributed by atoms with Crippen LogP contribution in [0.3, 0.4) is 0 Å². The molecule has 2 aromatic carbocycles. The third-order valence-corrected chi connectivity index (χ3v) is 3.19. The maximum absolute atomic E-state index is 13.9. The van der Waals surface area contributed by atoms with E-state index < -0.39 is 11.3 Å². The molecule has 24 heavy (non-hydrogen) atoms. The van der Waals surface area contributed by atoms with Gasteiger partial charge in [0, 0.05) is 17.7 Å². The topological polar surface area (TPSA) is 84.0 Å². The molecule has 3 aromatic rings. The van der Waals surface area contributed by atoms with Gasteiger partial charge in [-0.1, -0.05) is 60.7 Å². The van der Waals surface area contributed by atoms with Crippen LogP contribution in [0.1, 0.15) is 16.8 Å². The Hall–Kier alpha value is -2.35. The van der Waals surface area contributed by atoms with Gasteiger partial charge >= 0.3 is 0 Å². The molecule has 0 amide bonds. The predicted molar refractivity (Wildman–Crippen MR) is 90.1 cm³/mol. The minimum absolute atomic E-state index is 0.246. The molecule has 0 spiro atoms. The second-order valence-corrected chi connectivity index (χ2v) is 5.55. The van der Waals surface area contributed by atoms with Gasteiger partial charge in [0.2, 0.25) is 0 Å². The maximum Gasteiger partial charge on any atom is 0.164 e. The summed E-state index contributed by atoms with van der Waals surface area (Å²) < 4.78 is 33.1. The summed E-state index contributed by atoms with van der Waals surface area (Å²) >= 11 is -2.36. The van der Waals surface area contributed by atoms with Crippen LogP contribution in [0.4, 0.5) is 4.39 Å². The minimum atomic E-state index is -2.36. The number of nitrogens with two attached hydrogens (primary N) is 1. The van der Waals surface area contributed by atoms with Crippen molar-refractivity contribution in [2.75, 3.05) is 0 Å². The third-order valence-electron chi connectivity index (χ3n) is 3.19. The Morgan fingerprint density at radius 1 is 1.04 bits per heavy atom. The van der Waals surface area contributed by atoms with E-state index in [2.05, 4.69) is 10.2 Å². The molecule has 1 unspecified atom stereocenters. The molecule has 0 aliphatic rings. The lowest BCUT2D eigenvalue weighted by Crippen LogP contribution is -2.01. The number of nitrogens with zero attached hydrogens (tertiary/aromatic N) is 2. The Labute approximate surface area is 142 Å². The minimum Gasteiger partial charge on any atom is -0.760 e. The number of aromatic nitrogens is 2. The van der Waals surface area contributed by atoms with Gasteiger partial charge in [-0.3, -0.25) is 14.0 Å². The van der Waals surface area contributed by atoms with E-state index in [0.717, 1.165) is 11.1 Å². The summed E-state index contributed by atoms with van der Waals surface area (Å²) in [5, 5.41) is 8.37. The van der Waals surface area contributed by atoms with Crippen molar-refractivity contribution in [2.45, 2.75) is 13.0 Å². The molecule has 0 aliphatic heterocycles. The maximum atomic E-state index is 13.9. The molecule has 3 rings (SSSR count). The van der Waals surface area contributed by atoms with Crippen molar-refractivity contribution in [3.63, 3.8) is 0 Å².